The molecule has 1 N–H and O–H groups in total. The van der Waals surface area contributed by atoms with Gasteiger partial charge in [0.25, 0.3) is 0 Å². The third-order valence-corrected chi connectivity index (χ3v) is 3.03. The predicted molar refractivity (Wildman–Crippen MR) is 84.3 cm³/mol. The number of rotatable bonds is 9. The molecule has 0 saturated carbocycles. The first-order valence-corrected chi connectivity index (χ1v) is 7.46. The summed E-state index contributed by atoms with van der Waals surface area (Å²) in [5, 5.41) is 9.08. The summed E-state index contributed by atoms with van der Waals surface area (Å²) in [5.41, 5.74) is 0.659. The third-order valence-electron chi connectivity index (χ3n) is 2.74. The average Bonchev–Trinajstić information content (AvgIpc) is 2.43. The molecule has 1 aromatic rings. The van der Waals surface area contributed by atoms with Crippen LogP contribution in [0.3, 0.4) is 0 Å². The molecule has 0 heterocycles. The Hall–Kier alpha value is -1.68. The Labute approximate surface area is 130 Å². The minimum absolute atomic E-state index is 0.419. The number of carboxylic acids is 1. The van der Waals surface area contributed by atoms with E-state index in [4.69, 9.17) is 26.2 Å². The molecule has 0 aromatic heterocycles. The van der Waals surface area contributed by atoms with Crippen LogP contribution in [-0.4, -0.2) is 24.3 Å². The molecule has 0 fully saturated rings. The van der Waals surface area contributed by atoms with E-state index >= 15 is 0 Å². The third kappa shape index (κ3) is 6.08. The van der Waals surface area contributed by atoms with Gasteiger partial charge in [-0.1, -0.05) is 31.4 Å². The average molecular weight is 313 g/mol. The zero-order chi connectivity index (χ0) is 15.7. The van der Waals surface area contributed by atoms with E-state index < -0.39 is 5.97 Å². The number of unbranched alkanes of at least 4 members (excludes halogenated alkanes) is 2. The van der Waals surface area contributed by atoms with Gasteiger partial charge in [-0.3, -0.25) is 0 Å². The van der Waals surface area contributed by atoms with Crippen LogP contribution in [0.2, 0.25) is 5.02 Å². The molecule has 0 saturated heterocycles. The second-order valence-electron chi connectivity index (χ2n) is 4.49. The summed E-state index contributed by atoms with van der Waals surface area (Å²) < 4.78 is 11.2. The minimum Gasteiger partial charge on any atom is -0.490 e. The van der Waals surface area contributed by atoms with Gasteiger partial charge in [-0.15, -0.1) is 0 Å². The SMILES string of the molecule is CCCCCOc1c(Cl)cc(/C=C/C(=O)O)cc1OCC. The molecule has 0 aliphatic rings. The van der Waals surface area contributed by atoms with Gasteiger partial charge in [0, 0.05) is 6.08 Å². The fourth-order valence-corrected chi connectivity index (χ4v) is 2.05. The summed E-state index contributed by atoms with van der Waals surface area (Å²) >= 11 is 6.21. The number of ether oxygens (including phenoxy) is 2. The van der Waals surface area contributed by atoms with Crippen molar-refractivity contribution in [3.8, 4) is 11.5 Å². The van der Waals surface area contributed by atoms with E-state index in [1.165, 1.54) is 6.08 Å². The van der Waals surface area contributed by atoms with Gasteiger partial charge >= 0.3 is 5.97 Å². The zero-order valence-electron chi connectivity index (χ0n) is 12.4. The largest absolute Gasteiger partial charge is 0.490 e. The molecule has 0 aliphatic heterocycles. The molecule has 0 unspecified atom stereocenters. The van der Waals surface area contributed by atoms with E-state index in [1.807, 2.05) is 6.92 Å². The van der Waals surface area contributed by atoms with E-state index in [0.717, 1.165) is 25.3 Å². The lowest BCUT2D eigenvalue weighted by atomic mass is 10.2. The number of carbonyl (C=O) groups is 1. The number of hydrogen-bond acceptors (Lipinski definition) is 3. The molecule has 1 aromatic carbocycles. The van der Waals surface area contributed by atoms with Crippen LogP contribution in [0, 0.1) is 0 Å². The summed E-state index contributed by atoms with van der Waals surface area (Å²) in [7, 11) is 0. The van der Waals surface area contributed by atoms with Crippen molar-refractivity contribution < 1.29 is 19.4 Å². The highest BCUT2D eigenvalue weighted by atomic mass is 35.5. The van der Waals surface area contributed by atoms with Crippen LogP contribution in [0.4, 0.5) is 0 Å². The Kier molecular flexibility index (Phi) is 7.69. The maximum Gasteiger partial charge on any atom is 0.328 e. The second kappa shape index (κ2) is 9.29. The molecule has 0 radical (unpaired) electrons. The Balaban J connectivity index is 2.93. The highest BCUT2D eigenvalue weighted by molar-refractivity contribution is 6.32. The van der Waals surface area contributed by atoms with Crippen LogP contribution >= 0.6 is 11.6 Å². The molecular weight excluding hydrogens is 292 g/mol. The lowest BCUT2D eigenvalue weighted by Crippen LogP contribution is -2.02. The molecule has 5 heteroatoms. The van der Waals surface area contributed by atoms with Crippen LogP contribution in [0.5, 0.6) is 11.5 Å². The number of halogens is 1. The molecule has 1 rings (SSSR count). The summed E-state index contributed by atoms with van der Waals surface area (Å²) in [6, 6.07) is 3.39. The molecule has 0 bridgehead atoms. The van der Waals surface area contributed by atoms with Gasteiger partial charge in [0.1, 0.15) is 0 Å². The molecule has 0 spiro atoms. The summed E-state index contributed by atoms with van der Waals surface area (Å²) in [6.45, 7) is 5.06. The second-order valence-corrected chi connectivity index (χ2v) is 4.90. The van der Waals surface area contributed by atoms with E-state index in [-0.39, 0.29) is 0 Å². The van der Waals surface area contributed by atoms with Crippen molar-refractivity contribution in [3.05, 3.63) is 28.8 Å². The maximum absolute atomic E-state index is 10.6. The van der Waals surface area contributed by atoms with Crippen LogP contribution in [-0.2, 0) is 4.79 Å². The van der Waals surface area contributed by atoms with Crippen molar-refractivity contribution in [2.75, 3.05) is 13.2 Å². The van der Waals surface area contributed by atoms with Crippen molar-refractivity contribution in [2.24, 2.45) is 0 Å². The Morgan fingerprint density at radius 1 is 1.29 bits per heavy atom. The van der Waals surface area contributed by atoms with Gasteiger partial charge in [0.15, 0.2) is 11.5 Å². The van der Waals surface area contributed by atoms with E-state index in [2.05, 4.69) is 6.92 Å². The number of carboxylic acid groups (broad SMARTS) is 1. The van der Waals surface area contributed by atoms with E-state index in [1.54, 1.807) is 12.1 Å². The predicted octanol–water partition coefficient (Wildman–Crippen LogP) is 4.41. The molecule has 0 amide bonds. The van der Waals surface area contributed by atoms with Crippen LogP contribution in [0.25, 0.3) is 6.08 Å². The van der Waals surface area contributed by atoms with Crippen LogP contribution in [0.15, 0.2) is 18.2 Å². The fraction of sp³-hybridized carbons (Fsp3) is 0.438. The highest BCUT2D eigenvalue weighted by Crippen LogP contribution is 2.37. The first-order valence-electron chi connectivity index (χ1n) is 7.08. The fourth-order valence-electron chi connectivity index (χ4n) is 1.78. The van der Waals surface area contributed by atoms with Crippen molar-refractivity contribution in [2.45, 2.75) is 33.1 Å². The van der Waals surface area contributed by atoms with Gasteiger partial charge in [0.05, 0.1) is 18.2 Å². The molecule has 0 aliphatic carbocycles. The van der Waals surface area contributed by atoms with Gasteiger partial charge in [0.2, 0.25) is 0 Å². The summed E-state index contributed by atoms with van der Waals surface area (Å²) in [5.74, 6) is 0.0395. The van der Waals surface area contributed by atoms with Crippen molar-refractivity contribution in [1.29, 1.82) is 0 Å². The van der Waals surface area contributed by atoms with Gasteiger partial charge < -0.3 is 14.6 Å². The van der Waals surface area contributed by atoms with Crippen molar-refractivity contribution >= 4 is 23.6 Å². The lowest BCUT2D eigenvalue weighted by Gasteiger charge is -2.14. The highest BCUT2D eigenvalue weighted by Gasteiger charge is 2.12. The van der Waals surface area contributed by atoms with E-state index in [9.17, 15) is 4.79 Å². The van der Waals surface area contributed by atoms with Gasteiger partial charge in [-0.05, 0) is 37.1 Å². The normalized spacial score (nSPS) is 10.8. The lowest BCUT2D eigenvalue weighted by molar-refractivity contribution is -0.131. The zero-order valence-corrected chi connectivity index (χ0v) is 13.2. The quantitative estimate of drug-likeness (QED) is 0.542. The monoisotopic (exact) mass is 312 g/mol. The van der Waals surface area contributed by atoms with Crippen LogP contribution in [0.1, 0.15) is 38.7 Å². The Morgan fingerprint density at radius 3 is 2.67 bits per heavy atom. The van der Waals surface area contributed by atoms with Crippen LogP contribution < -0.4 is 9.47 Å². The number of aliphatic carboxylic acids is 1. The standard InChI is InChI=1S/C16H21ClO4/c1-3-5-6-9-21-16-13(17)10-12(7-8-15(18)19)11-14(16)20-4-2/h7-8,10-11H,3-6,9H2,1-2H3,(H,18,19)/b8-7+. The van der Waals surface area contributed by atoms with Gasteiger partial charge in [-0.25, -0.2) is 4.79 Å². The molecule has 116 valence electrons. The smallest absolute Gasteiger partial charge is 0.328 e. The molecule has 0 atom stereocenters. The molecule has 21 heavy (non-hydrogen) atoms. The van der Waals surface area contributed by atoms with Crippen molar-refractivity contribution in [1.82, 2.24) is 0 Å². The Bertz CT molecular complexity index is 497. The first-order chi connectivity index (χ1) is 10.1. The van der Waals surface area contributed by atoms with E-state index in [0.29, 0.717) is 35.3 Å². The number of hydrogen-bond donors (Lipinski definition) is 1. The van der Waals surface area contributed by atoms with Crippen molar-refractivity contribution in [3.63, 3.8) is 0 Å². The molecule has 4 nitrogen and oxygen atoms in total. The minimum atomic E-state index is -1.01. The maximum atomic E-state index is 10.6. The first kappa shape index (κ1) is 17.4. The summed E-state index contributed by atoms with van der Waals surface area (Å²) in [4.78, 5) is 10.6. The summed E-state index contributed by atoms with van der Waals surface area (Å²) in [6.07, 6.45) is 5.70. The molecular formula is C16H21ClO4. The Morgan fingerprint density at radius 2 is 2.05 bits per heavy atom. The number of benzene rings is 1. The van der Waals surface area contributed by atoms with Gasteiger partial charge in [-0.2, -0.15) is 0 Å². The topological polar surface area (TPSA) is 55.8 Å².